The molecular formula is C36H54N2O2. The summed E-state index contributed by atoms with van der Waals surface area (Å²) < 4.78 is 8.69. The number of allylic oxidation sites excluding steroid dienone is 1. The molecule has 6 aliphatic rings. The molecule has 9 atom stereocenters. The van der Waals surface area contributed by atoms with Gasteiger partial charge >= 0.3 is 0 Å². The minimum atomic E-state index is -0.328. The molecule has 0 radical (unpaired) electrons. The highest BCUT2D eigenvalue weighted by molar-refractivity contribution is 6.04. The molecule has 0 spiro atoms. The average molecular weight is 547 g/mol. The molecule has 1 saturated heterocycles. The van der Waals surface area contributed by atoms with Crippen LogP contribution in [0.5, 0.6) is 0 Å². The molecule has 4 heteroatoms. The number of carbonyl (C=O) groups is 1. The minimum Gasteiger partial charge on any atom is -0.377 e. The number of nitrogens with zero attached hydrogens (tertiary/aromatic N) is 2. The molecule has 1 aromatic heterocycles. The molecule has 4 nitrogen and oxygen atoms in total. The number of ether oxygens (including phenoxy) is 1. The summed E-state index contributed by atoms with van der Waals surface area (Å²) in [5, 5.41) is 4.48. The number of rotatable bonds is 1. The van der Waals surface area contributed by atoms with Crippen molar-refractivity contribution in [2.45, 2.75) is 119 Å². The predicted octanol–water partition coefficient (Wildman–Crippen LogP) is 8.18. The van der Waals surface area contributed by atoms with Crippen LogP contribution in [0.4, 0.5) is 0 Å². The lowest BCUT2D eigenvalue weighted by Gasteiger charge is -2.73. The van der Waals surface area contributed by atoms with Crippen molar-refractivity contribution < 1.29 is 9.53 Å². The van der Waals surface area contributed by atoms with Crippen LogP contribution in [0.15, 0.2) is 11.8 Å². The Morgan fingerprint density at radius 1 is 0.925 bits per heavy atom. The van der Waals surface area contributed by atoms with Gasteiger partial charge in [-0.2, -0.15) is 5.10 Å². The summed E-state index contributed by atoms with van der Waals surface area (Å²) in [7, 11) is 1.99. The molecule has 1 aliphatic heterocycles. The Balaban J connectivity index is 1.28. The van der Waals surface area contributed by atoms with E-state index < -0.39 is 0 Å². The predicted molar refractivity (Wildman–Crippen MR) is 160 cm³/mol. The molecule has 5 aliphatic carbocycles. The van der Waals surface area contributed by atoms with Crippen molar-refractivity contribution in [3.63, 3.8) is 0 Å². The number of hydrogen-bond donors (Lipinski definition) is 0. The van der Waals surface area contributed by atoms with E-state index in [0.717, 1.165) is 41.7 Å². The highest BCUT2D eigenvalue weighted by Gasteiger charge is 2.73. The smallest absolute Gasteiger partial charge is 0.164 e. The molecule has 1 aromatic rings. The van der Waals surface area contributed by atoms with Gasteiger partial charge in [-0.05, 0) is 127 Å². The Labute approximate surface area is 243 Å². The fourth-order valence-electron chi connectivity index (χ4n) is 12.8. The molecule has 40 heavy (non-hydrogen) atoms. The van der Waals surface area contributed by atoms with Gasteiger partial charge in [-0.25, -0.2) is 0 Å². The lowest BCUT2D eigenvalue weighted by molar-refractivity contribution is -0.236. The van der Waals surface area contributed by atoms with Gasteiger partial charge in [0, 0.05) is 23.7 Å². The molecule has 5 saturated carbocycles. The second kappa shape index (κ2) is 8.14. The third-order valence-electron chi connectivity index (χ3n) is 15.3. The van der Waals surface area contributed by atoms with E-state index in [-0.39, 0.29) is 10.8 Å². The number of aryl methyl sites for hydroxylation is 1. The van der Waals surface area contributed by atoms with Gasteiger partial charge in [-0.3, -0.25) is 9.48 Å². The van der Waals surface area contributed by atoms with E-state index in [2.05, 4.69) is 66.6 Å². The van der Waals surface area contributed by atoms with Crippen LogP contribution in [0.3, 0.4) is 0 Å². The van der Waals surface area contributed by atoms with Crippen LogP contribution in [-0.2, 0) is 16.6 Å². The van der Waals surface area contributed by atoms with Gasteiger partial charge < -0.3 is 4.74 Å². The second-order valence-corrected chi connectivity index (χ2v) is 17.5. The Morgan fingerprint density at radius 3 is 2.35 bits per heavy atom. The zero-order chi connectivity index (χ0) is 28.7. The van der Waals surface area contributed by atoms with Crippen molar-refractivity contribution in [1.29, 1.82) is 0 Å². The maximum atomic E-state index is 14.1. The number of carbonyl (C=O) groups excluding carboxylic acids is 1. The van der Waals surface area contributed by atoms with Crippen molar-refractivity contribution in [3.05, 3.63) is 23.0 Å². The number of ketones is 1. The first-order chi connectivity index (χ1) is 18.6. The normalized spacial score (nSPS) is 49.7. The summed E-state index contributed by atoms with van der Waals surface area (Å²) in [6.45, 7) is 20.6. The van der Waals surface area contributed by atoms with E-state index in [0.29, 0.717) is 45.4 Å². The van der Waals surface area contributed by atoms with Crippen LogP contribution < -0.4 is 0 Å². The summed E-state index contributed by atoms with van der Waals surface area (Å²) in [5.74, 6) is 2.96. The maximum Gasteiger partial charge on any atom is 0.164 e. The summed E-state index contributed by atoms with van der Waals surface area (Å²) in [6.07, 6.45) is 16.0. The van der Waals surface area contributed by atoms with Crippen LogP contribution >= 0.6 is 0 Å². The van der Waals surface area contributed by atoms with Gasteiger partial charge in [0.25, 0.3) is 0 Å². The standard InChI is InChI=1S/C36H54N2O2/c1-22-24(20-37-38(22)9)18-23-19-33(6)26(32(4,5)29(23)39)12-13-35(8)27(33)11-10-25-28-30-31(2,3)14-16-36(28,21-40-30)17-15-34(25,35)7/h18,20,25-28,30H,10-17,19,21H2,1-9H3/b23-18+/t25-,26+,27+,28+,30+,33-,34+,35+,36+/m0/s1. The molecule has 220 valence electrons. The van der Waals surface area contributed by atoms with Crippen molar-refractivity contribution in [2.75, 3.05) is 6.61 Å². The quantitative estimate of drug-likeness (QED) is 0.334. The highest BCUT2D eigenvalue weighted by atomic mass is 16.5. The number of aromatic nitrogens is 2. The number of fused-ring (bicyclic) bond motifs is 5. The van der Waals surface area contributed by atoms with E-state index in [1.807, 2.05) is 17.9 Å². The first kappa shape index (κ1) is 27.4. The Bertz CT molecular complexity index is 1290. The van der Waals surface area contributed by atoms with Gasteiger partial charge in [0.1, 0.15) is 0 Å². The van der Waals surface area contributed by atoms with E-state index in [1.54, 1.807) is 0 Å². The van der Waals surface area contributed by atoms with Crippen LogP contribution in [0.2, 0.25) is 0 Å². The summed E-state index contributed by atoms with van der Waals surface area (Å²) in [4.78, 5) is 14.1. The lowest BCUT2D eigenvalue weighted by Crippen LogP contribution is -2.67. The zero-order valence-electron chi connectivity index (χ0n) is 26.8. The fraction of sp³-hybridized carbons (Fsp3) is 0.833. The van der Waals surface area contributed by atoms with Crippen molar-refractivity contribution >= 4 is 11.9 Å². The average Bonchev–Trinajstić information content (AvgIpc) is 3.39. The van der Waals surface area contributed by atoms with Gasteiger partial charge in [0.05, 0.1) is 18.9 Å². The molecule has 0 amide bonds. The third-order valence-corrected chi connectivity index (χ3v) is 15.3. The van der Waals surface area contributed by atoms with E-state index in [1.165, 1.54) is 51.4 Å². The largest absolute Gasteiger partial charge is 0.377 e. The Morgan fingerprint density at radius 2 is 1.65 bits per heavy atom. The van der Waals surface area contributed by atoms with Crippen LogP contribution in [0, 0.1) is 63.1 Å². The van der Waals surface area contributed by atoms with Gasteiger partial charge in [0.2, 0.25) is 0 Å². The summed E-state index contributed by atoms with van der Waals surface area (Å²) in [5.41, 5.74) is 4.46. The fourth-order valence-corrected chi connectivity index (χ4v) is 12.8. The minimum absolute atomic E-state index is 0.136. The van der Waals surface area contributed by atoms with Crippen LogP contribution in [0.25, 0.3) is 6.08 Å². The molecule has 2 heterocycles. The van der Waals surface area contributed by atoms with Crippen molar-refractivity contribution in [3.8, 4) is 0 Å². The van der Waals surface area contributed by atoms with E-state index >= 15 is 0 Å². The monoisotopic (exact) mass is 546 g/mol. The number of Topliss-reactive ketones (excluding diaryl/α,β-unsaturated/α-hetero) is 1. The zero-order valence-corrected chi connectivity index (χ0v) is 26.8. The van der Waals surface area contributed by atoms with Gasteiger partial charge in [-0.15, -0.1) is 0 Å². The maximum absolute atomic E-state index is 14.1. The highest BCUT2D eigenvalue weighted by Crippen LogP contribution is 2.78. The summed E-state index contributed by atoms with van der Waals surface area (Å²) >= 11 is 0. The first-order valence-electron chi connectivity index (χ1n) is 16.5. The number of hydrogen-bond acceptors (Lipinski definition) is 3. The topological polar surface area (TPSA) is 44.1 Å². The molecule has 7 rings (SSSR count). The molecule has 6 fully saturated rings. The first-order valence-corrected chi connectivity index (χ1v) is 16.5. The van der Waals surface area contributed by atoms with Gasteiger partial charge in [0.15, 0.2) is 5.78 Å². The van der Waals surface area contributed by atoms with Crippen LogP contribution in [0.1, 0.15) is 118 Å². The third kappa shape index (κ3) is 3.18. The molecule has 0 N–H and O–H groups in total. The Hall–Kier alpha value is -1.42. The van der Waals surface area contributed by atoms with Crippen molar-refractivity contribution in [1.82, 2.24) is 9.78 Å². The SMILES string of the molecule is Cc1c(/C=C2\C[C@@]3(C)[C@H](CC[C@]4(C)[C@@H]3CC[C@H]3[C@@H]5[C@H]6OC[C@@]5(CCC6(C)C)CC[C@]34C)C(C)(C)C2=O)cnn1C. The molecule has 0 aromatic carbocycles. The van der Waals surface area contributed by atoms with E-state index in [4.69, 9.17) is 4.74 Å². The molecular weight excluding hydrogens is 492 g/mol. The van der Waals surface area contributed by atoms with Crippen molar-refractivity contribution in [2.24, 2.45) is 63.2 Å². The molecule has 2 bridgehead atoms. The Kier molecular flexibility index (Phi) is 5.58. The molecule has 0 unspecified atom stereocenters. The van der Waals surface area contributed by atoms with Crippen LogP contribution in [-0.4, -0.2) is 28.3 Å². The van der Waals surface area contributed by atoms with Gasteiger partial charge in [-0.1, -0.05) is 48.5 Å². The lowest BCUT2D eigenvalue weighted by atomic mass is 9.31. The summed E-state index contributed by atoms with van der Waals surface area (Å²) in [6, 6.07) is 0. The van der Waals surface area contributed by atoms with E-state index in [9.17, 15) is 4.79 Å². The second-order valence-electron chi connectivity index (χ2n) is 17.5.